The van der Waals surface area contributed by atoms with Gasteiger partial charge in [0.1, 0.15) is 0 Å². The van der Waals surface area contributed by atoms with Gasteiger partial charge >= 0.3 is 0 Å². The maximum atomic E-state index is 12.5. The van der Waals surface area contributed by atoms with E-state index in [1.807, 2.05) is 19.9 Å². The molecule has 0 saturated carbocycles. The zero-order valence-corrected chi connectivity index (χ0v) is 13.0. The van der Waals surface area contributed by atoms with Gasteiger partial charge < -0.3 is 10.2 Å². The SMILES string of the molecule is CC(C)C(=O)N1CC(C)(C)NCC1Cc1ccccc1. The van der Waals surface area contributed by atoms with Crippen LogP contribution in [-0.4, -0.2) is 35.5 Å². The number of nitrogens with zero attached hydrogens (tertiary/aromatic N) is 1. The first kappa shape index (κ1) is 15.0. The fourth-order valence-electron chi connectivity index (χ4n) is 2.77. The van der Waals surface area contributed by atoms with Gasteiger partial charge in [0.15, 0.2) is 0 Å². The molecule has 0 spiro atoms. The smallest absolute Gasteiger partial charge is 0.225 e. The second-order valence-electron chi connectivity index (χ2n) is 6.73. The minimum absolute atomic E-state index is 0.00224. The third-order valence-electron chi connectivity index (χ3n) is 3.91. The molecule has 1 aliphatic rings. The van der Waals surface area contributed by atoms with Crippen LogP contribution in [-0.2, 0) is 11.2 Å². The summed E-state index contributed by atoms with van der Waals surface area (Å²) in [6, 6.07) is 10.7. The molecule has 1 atom stereocenters. The van der Waals surface area contributed by atoms with Crippen LogP contribution < -0.4 is 5.32 Å². The number of carbonyl (C=O) groups is 1. The van der Waals surface area contributed by atoms with Crippen LogP contribution in [0.25, 0.3) is 0 Å². The van der Waals surface area contributed by atoms with E-state index >= 15 is 0 Å². The van der Waals surface area contributed by atoms with Crippen LogP contribution >= 0.6 is 0 Å². The predicted molar refractivity (Wildman–Crippen MR) is 82.6 cm³/mol. The van der Waals surface area contributed by atoms with E-state index in [1.54, 1.807) is 0 Å². The molecule has 2 rings (SSSR count). The molecule has 3 nitrogen and oxygen atoms in total. The molecular formula is C17H26N2O. The van der Waals surface area contributed by atoms with Crippen molar-refractivity contribution in [3.8, 4) is 0 Å². The molecule has 1 saturated heterocycles. The van der Waals surface area contributed by atoms with Crippen LogP contribution in [0.15, 0.2) is 30.3 Å². The van der Waals surface area contributed by atoms with E-state index in [9.17, 15) is 4.79 Å². The second kappa shape index (κ2) is 5.96. The molecule has 1 fully saturated rings. The normalized spacial score (nSPS) is 22.1. The van der Waals surface area contributed by atoms with Crippen LogP contribution in [0.3, 0.4) is 0 Å². The highest BCUT2D eigenvalue weighted by atomic mass is 16.2. The lowest BCUT2D eigenvalue weighted by molar-refractivity contribution is -0.139. The summed E-state index contributed by atoms with van der Waals surface area (Å²) in [5, 5.41) is 3.56. The Labute approximate surface area is 122 Å². The maximum absolute atomic E-state index is 12.5. The molecule has 1 aromatic carbocycles. The standard InChI is InChI=1S/C17H26N2O/c1-13(2)16(20)19-12-17(3,4)18-11-15(19)10-14-8-6-5-7-9-14/h5-9,13,15,18H,10-12H2,1-4H3. The first-order valence-corrected chi connectivity index (χ1v) is 7.48. The largest absolute Gasteiger partial charge is 0.336 e. The molecule has 20 heavy (non-hydrogen) atoms. The lowest BCUT2D eigenvalue weighted by atomic mass is 9.94. The number of carbonyl (C=O) groups excluding carboxylic acids is 1. The summed E-state index contributed by atoms with van der Waals surface area (Å²) in [5.74, 6) is 0.322. The molecule has 3 heteroatoms. The third kappa shape index (κ3) is 3.60. The third-order valence-corrected chi connectivity index (χ3v) is 3.91. The van der Waals surface area contributed by atoms with Gasteiger partial charge in [0.05, 0.1) is 0 Å². The Bertz CT molecular complexity index is 453. The topological polar surface area (TPSA) is 32.3 Å². The second-order valence-corrected chi connectivity index (χ2v) is 6.73. The Kier molecular flexibility index (Phi) is 4.48. The number of hydrogen-bond acceptors (Lipinski definition) is 2. The van der Waals surface area contributed by atoms with Gasteiger partial charge in [-0.05, 0) is 25.8 Å². The summed E-state index contributed by atoms with van der Waals surface area (Å²) in [7, 11) is 0. The Balaban J connectivity index is 2.15. The van der Waals surface area contributed by atoms with E-state index in [2.05, 4.69) is 48.3 Å². The zero-order valence-electron chi connectivity index (χ0n) is 13.0. The molecule has 1 aliphatic heterocycles. The fourth-order valence-corrected chi connectivity index (χ4v) is 2.77. The molecule has 1 aromatic rings. The highest BCUT2D eigenvalue weighted by Gasteiger charge is 2.35. The summed E-state index contributed by atoms with van der Waals surface area (Å²) < 4.78 is 0. The lowest BCUT2D eigenvalue weighted by Crippen LogP contribution is -2.64. The van der Waals surface area contributed by atoms with Crippen LogP contribution in [0.1, 0.15) is 33.3 Å². The number of piperazine rings is 1. The Morgan fingerprint density at radius 1 is 1.35 bits per heavy atom. The summed E-state index contributed by atoms with van der Waals surface area (Å²) in [4.78, 5) is 14.6. The first-order valence-electron chi connectivity index (χ1n) is 7.48. The molecule has 0 radical (unpaired) electrons. The summed E-state index contributed by atoms with van der Waals surface area (Å²) in [6.45, 7) is 9.93. The molecule has 0 bridgehead atoms. The van der Waals surface area contributed by atoms with E-state index in [-0.39, 0.29) is 23.4 Å². The Hall–Kier alpha value is -1.35. The number of rotatable bonds is 3. The van der Waals surface area contributed by atoms with Crippen molar-refractivity contribution in [1.82, 2.24) is 10.2 Å². The molecule has 0 aromatic heterocycles. The number of hydrogen-bond donors (Lipinski definition) is 1. The van der Waals surface area contributed by atoms with Gasteiger partial charge in [-0.1, -0.05) is 44.2 Å². The molecule has 1 heterocycles. The van der Waals surface area contributed by atoms with E-state index in [0.717, 1.165) is 19.5 Å². The van der Waals surface area contributed by atoms with Gasteiger partial charge in [-0.25, -0.2) is 0 Å². The van der Waals surface area contributed by atoms with Crippen molar-refractivity contribution < 1.29 is 4.79 Å². The minimum atomic E-state index is -0.00224. The van der Waals surface area contributed by atoms with Gasteiger partial charge in [-0.2, -0.15) is 0 Å². The molecule has 110 valence electrons. The van der Waals surface area contributed by atoms with Crippen LogP contribution in [0.2, 0.25) is 0 Å². The fraction of sp³-hybridized carbons (Fsp3) is 0.588. The number of nitrogens with one attached hydrogen (secondary N) is 1. The molecular weight excluding hydrogens is 248 g/mol. The Morgan fingerprint density at radius 3 is 2.60 bits per heavy atom. The van der Waals surface area contributed by atoms with Crippen molar-refractivity contribution in [2.24, 2.45) is 5.92 Å². The van der Waals surface area contributed by atoms with Gasteiger partial charge in [-0.3, -0.25) is 4.79 Å². The van der Waals surface area contributed by atoms with E-state index in [4.69, 9.17) is 0 Å². The number of benzene rings is 1. The molecule has 1 amide bonds. The summed E-state index contributed by atoms with van der Waals surface area (Å²) in [5.41, 5.74) is 1.29. The zero-order chi connectivity index (χ0) is 14.8. The molecule has 1 unspecified atom stereocenters. The quantitative estimate of drug-likeness (QED) is 0.918. The van der Waals surface area contributed by atoms with Crippen molar-refractivity contribution >= 4 is 5.91 Å². The Morgan fingerprint density at radius 2 is 2.00 bits per heavy atom. The van der Waals surface area contributed by atoms with Gasteiger partial charge in [0.25, 0.3) is 0 Å². The van der Waals surface area contributed by atoms with Crippen molar-refractivity contribution in [3.63, 3.8) is 0 Å². The van der Waals surface area contributed by atoms with Gasteiger partial charge in [0, 0.05) is 30.6 Å². The van der Waals surface area contributed by atoms with E-state index in [0.29, 0.717) is 0 Å². The van der Waals surface area contributed by atoms with Crippen LogP contribution in [0.5, 0.6) is 0 Å². The van der Waals surface area contributed by atoms with Gasteiger partial charge in [-0.15, -0.1) is 0 Å². The highest BCUT2D eigenvalue weighted by Crippen LogP contribution is 2.20. The molecule has 0 aliphatic carbocycles. The van der Waals surface area contributed by atoms with Crippen LogP contribution in [0, 0.1) is 5.92 Å². The minimum Gasteiger partial charge on any atom is -0.336 e. The summed E-state index contributed by atoms with van der Waals surface area (Å²) >= 11 is 0. The van der Waals surface area contributed by atoms with E-state index < -0.39 is 0 Å². The lowest BCUT2D eigenvalue weighted by Gasteiger charge is -2.45. The average Bonchev–Trinajstić information content (AvgIpc) is 2.41. The van der Waals surface area contributed by atoms with Crippen molar-refractivity contribution in [2.45, 2.75) is 45.7 Å². The van der Waals surface area contributed by atoms with Crippen LogP contribution in [0.4, 0.5) is 0 Å². The maximum Gasteiger partial charge on any atom is 0.225 e. The number of amides is 1. The monoisotopic (exact) mass is 274 g/mol. The highest BCUT2D eigenvalue weighted by molar-refractivity contribution is 5.78. The van der Waals surface area contributed by atoms with E-state index in [1.165, 1.54) is 5.56 Å². The first-order chi connectivity index (χ1) is 9.39. The van der Waals surface area contributed by atoms with Crippen molar-refractivity contribution in [1.29, 1.82) is 0 Å². The van der Waals surface area contributed by atoms with Gasteiger partial charge in [0.2, 0.25) is 5.91 Å². The molecule has 1 N–H and O–H groups in total. The predicted octanol–water partition coefficient (Wildman–Crippen LogP) is 2.46. The van der Waals surface area contributed by atoms with Crippen molar-refractivity contribution in [2.75, 3.05) is 13.1 Å². The van der Waals surface area contributed by atoms with Crippen molar-refractivity contribution in [3.05, 3.63) is 35.9 Å². The summed E-state index contributed by atoms with van der Waals surface area (Å²) in [6.07, 6.45) is 0.919. The average molecular weight is 274 g/mol.